The van der Waals surface area contributed by atoms with Crippen LogP contribution in [-0.4, -0.2) is 36.1 Å². The number of methoxy groups -OCH3 is 2. The number of aromatic nitrogens is 2. The molecular formula is C23H23F3N4O3. The summed E-state index contributed by atoms with van der Waals surface area (Å²) in [5.41, 5.74) is 2.03. The standard InChI is InChI=1S/C23H23F3N4O3/c1-13-4-7-15(8-5-13)27-22(31)17-12-21-28-16(11-20(23(24,25)26)30(21)29-17)14-6-9-18(32-2)19(10-14)33-3/h4-10,12,16,20,28H,11H2,1-3H3,(H,27,31). The second kappa shape index (κ2) is 8.68. The number of alkyl halides is 3. The first-order chi connectivity index (χ1) is 15.7. The molecule has 0 spiro atoms. The Kier molecular flexibility index (Phi) is 5.92. The van der Waals surface area contributed by atoms with Gasteiger partial charge in [-0.1, -0.05) is 23.8 Å². The number of rotatable bonds is 5. The molecule has 0 radical (unpaired) electrons. The Morgan fingerprint density at radius 1 is 1.09 bits per heavy atom. The van der Waals surface area contributed by atoms with E-state index in [9.17, 15) is 18.0 Å². The van der Waals surface area contributed by atoms with Crippen molar-refractivity contribution in [3.63, 3.8) is 0 Å². The minimum atomic E-state index is -4.55. The second-order valence-corrected chi connectivity index (χ2v) is 7.78. The third-order valence-electron chi connectivity index (χ3n) is 5.54. The van der Waals surface area contributed by atoms with Crippen LogP contribution in [-0.2, 0) is 0 Å². The minimum Gasteiger partial charge on any atom is -0.493 e. The van der Waals surface area contributed by atoms with Gasteiger partial charge in [-0.15, -0.1) is 0 Å². The molecule has 0 aliphatic carbocycles. The van der Waals surface area contributed by atoms with E-state index in [0.29, 0.717) is 22.7 Å². The number of fused-ring (bicyclic) bond motifs is 1. The predicted molar refractivity (Wildman–Crippen MR) is 117 cm³/mol. The molecule has 2 atom stereocenters. The van der Waals surface area contributed by atoms with E-state index in [1.54, 1.807) is 30.3 Å². The van der Waals surface area contributed by atoms with Crippen molar-refractivity contribution < 1.29 is 27.4 Å². The highest BCUT2D eigenvalue weighted by Gasteiger charge is 2.47. The number of nitrogens with zero attached hydrogens (tertiary/aromatic N) is 2. The molecule has 1 aromatic heterocycles. The number of halogens is 3. The molecule has 10 heteroatoms. The zero-order valence-electron chi connectivity index (χ0n) is 18.2. The SMILES string of the molecule is COc1ccc(C2CC(C(F)(F)F)n3nc(C(=O)Nc4ccc(C)cc4)cc3N2)cc1OC. The fourth-order valence-corrected chi connectivity index (χ4v) is 3.80. The summed E-state index contributed by atoms with van der Waals surface area (Å²) < 4.78 is 53.1. The third-order valence-corrected chi connectivity index (χ3v) is 5.54. The van der Waals surface area contributed by atoms with E-state index in [2.05, 4.69) is 15.7 Å². The van der Waals surface area contributed by atoms with E-state index in [1.165, 1.54) is 20.3 Å². The molecule has 1 aliphatic rings. The number of amides is 1. The fraction of sp³-hybridized carbons (Fsp3) is 0.304. The lowest BCUT2D eigenvalue weighted by molar-refractivity contribution is -0.173. The number of carbonyl (C=O) groups excluding carboxylic acids is 1. The van der Waals surface area contributed by atoms with Crippen molar-refractivity contribution in [2.45, 2.75) is 31.6 Å². The van der Waals surface area contributed by atoms with Gasteiger partial charge in [-0.05, 0) is 36.8 Å². The van der Waals surface area contributed by atoms with Crippen molar-refractivity contribution in [1.82, 2.24) is 9.78 Å². The van der Waals surface area contributed by atoms with Crippen LogP contribution in [0, 0.1) is 6.92 Å². The lowest BCUT2D eigenvalue weighted by Gasteiger charge is -2.33. The fourth-order valence-electron chi connectivity index (χ4n) is 3.80. The Labute approximate surface area is 188 Å². The van der Waals surface area contributed by atoms with Crippen LogP contribution in [0.2, 0.25) is 0 Å². The summed E-state index contributed by atoms with van der Waals surface area (Å²) in [6.45, 7) is 1.91. The Morgan fingerprint density at radius 2 is 1.79 bits per heavy atom. The summed E-state index contributed by atoms with van der Waals surface area (Å²) in [5, 5.41) is 9.72. The van der Waals surface area contributed by atoms with Crippen molar-refractivity contribution >= 4 is 17.4 Å². The number of carbonyl (C=O) groups is 1. The molecule has 3 aromatic rings. The van der Waals surface area contributed by atoms with Crippen LogP contribution in [0.15, 0.2) is 48.5 Å². The highest BCUT2D eigenvalue weighted by molar-refractivity contribution is 6.03. The zero-order chi connectivity index (χ0) is 23.8. The first-order valence-electron chi connectivity index (χ1n) is 10.2. The Bertz CT molecular complexity index is 1160. The van der Waals surface area contributed by atoms with Crippen LogP contribution in [0.25, 0.3) is 0 Å². The lowest BCUT2D eigenvalue weighted by atomic mass is 9.96. The van der Waals surface area contributed by atoms with Gasteiger partial charge in [-0.3, -0.25) is 4.79 Å². The molecule has 1 amide bonds. The Balaban J connectivity index is 1.64. The van der Waals surface area contributed by atoms with E-state index < -0.39 is 24.2 Å². The van der Waals surface area contributed by atoms with Crippen molar-refractivity contribution in [3.05, 3.63) is 65.4 Å². The second-order valence-electron chi connectivity index (χ2n) is 7.78. The first-order valence-corrected chi connectivity index (χ1v) is 10.2. The van der Waals surface area contributed by atoms with Gasteiger partial charge >= 0.3 is 6.18 Å². The number of ether oxygens (including phenoxy) is 2. The number of nitrogens with one attached hydrogen (secondary N) is 2. The Hall–Kier alpha value is -3.69. The molecule has 7 nitrogen and oxygen atoms in total. The maximum Gasteiger partial charge on any atom is 0.410 e. The molecule has 174 valence electrons. The molecule has 0 saturated heterocycles. The van der Waals surface area contributed by atoms with Crippen molar-refractivity contribution in [2.24, 2.45) is 0 Å². The predicted octanol–water partition coefficient (Wildman–Crippen LogP) is 5.12. The molecular weight excluding hydrogens is 437 g/mol. The van der Waals surface area contributed by atoms with Gasteiger partial charge in [0.15, 0.2) is 23.2 Å². The van der Waals surface area contributed by atoms with Gasteiger partial charge in [0.25, 0.3) is 5.91 Å². The molecule has 0 saturated carbocycles. The van der Waals surface area contributed by atoms with E-state index in [0.717, 1.165) is 10.2 Å². The van der Waals surface area contributed by atoms with Gasteiger partial charge in [-0.25, -0.2) is 4.68 Å². The summed E-state index contributed by atoms with van der Waals surface area (Å²) in [6.07, 6.45) is -4.85. The minimum absolute atomic E-state index is 0.109. The normalized spacial score (nSPS) is 17.6. The Morgan fingerprint density at radius 3 is 2.42 bits per heavy atom. The first kappa shape index (κ1) is 22.5. The number of benzene rings is 2. The quantitative estimate of drug-likeness (QED) is 0.553. The van der Waals surface area contributed by atoms with Crippen LogP contribution in [0.1, 0.15) is 40.1 Å². The van der Waals surface area contributed by atoms with Gasteiger partial charge < -0.3 is 20.1 Å². The van der Waals surface area contributed by atoms with E-state index >= 15 is 0 Å². The smallest absolute Gasteiger partial charge is 0.410 e. The molecule has 0 bridgehead atoms. The summed E-state index contributed by atoms with van der Waals surface area (Å²) >= 11 is 0. The molecule has 33 heavy (non-hydrogen) atoms. The number of aryl methyl sites for hydroxylation is 1. The van der Waals surface area contributed by atoms with E-state index in [-0.39, 0.29) is 17.9 Å². The molecule has 2 unspecified atom stereocenters. The average Bonchev–Trinajstić information content (AvgIpc) is 3.23. The summed E-state index contributed by atoms with van der Waals surface area (Å²) in [7, 11) is 2.94. The molecule has 2 N–H and O–H groups in total. The van der Waals surface area contributed by atoms with Crippen molar-refractivity contribution in [2.75, 3.05) is 24.9 Å². The summed E-state index contributed by atoms with van der Waals surface area (Å²) in [6, 6.07) is 10.8. The molecule has 1 aliphatic heterocycles. The number of hydrogen-bond acceptors (Lipinski definition) is 5. The lowest BCUT2D eigenvalue weighted by Crippen LogP contribution is -2.35. The molecule has 0 fully saturated rings. The maximum absolute atomic E-state index is 13.9. The van der Waals surface area contributed by atoms with Gasteiger partial charge in [0, 0.05) is 18.2 Å². The van der Waals surface area contributed by atoms with E-state index in [1.807, 2.05) is 19.1 Å². The highest BCUT2D eigenvalue weighted by Crippen LogP contribution is 2.44. The average molecular weight is 460 g/mol. The van der Waals surface area contributed by atoms with Crippen LogP contribution in [0.4, 0.5) is 24.7 Å². The van der Waals surface area contributed by atoms with E-state index in [4.69, 9.17) is 9.47 Å². The van der Waals surface area contributed by atoms with Crippen LogP contribution in [0.3, 0.4) is 0 Å². The van der Waals surface area contributed by atoms with Crippen LogP contribution < -0.4 is 20.1 Å². The highest BCUT2D eigenvalue weighted by atomic mass is 19.4. The largest absolute Gasteiger partial charge is 0.493 e. The van der Waals surface area contributed by atoms with Crippen LogP contribution >= 0.6 is 0 Å². The number of anilines is 2. The van der Waals surface area contributed by atoms with Gasteiger partial charge in [0.1, 0.15) is 5.82 Å². The van der Waals surface area contributed by atoms with Crippen molar-refractivity contribution in [3.8, 4) is 11.5 Å². The summed E-state index contributed by atoms with van der Waals surface area (Å²) in [5.74, 6) is 0.408. The zero-order valence-corrected chi connectivity index (χ0v) is 18.2. The van der Waals surface area contributed by atoms with Gasteiger partial charge in [-0.2, -0.15) is 18.3 Å². The monoisotopic (exact) mass is 460 g/mol. The third kappa shape index (κ3) is 4.59. The van der Waals surface area contributed by atoms with Gasteiger partial charge in [0.2, 0.25) is 0 Å². The summed E-state index contributed by atoms with van der Waals surface area (Å²) in [4.78, 5) is 12.7. The van der Waals surface area contributed by atoms with Crippen LogP contribution in [0.5, 0.6) is 11.5 Å². The molecule has 4 rings (SSSR count). The number of hydrogen-bond donors (Lipinski definition) is 2. The van der Waals surface area contributed by atoms with Crippen molar-refractivity contribution in [1.29, 1.82) is 0 Å². The molecule has 2 aromatic carbocycles. The maximum atomic E-state index is 13.9. The van der Waals surface area contributed by atoms with Gasteiger partial charge in [0.05, 0.1) is 20.3 Å². The topological polar surface area (TPSA) is 77.4 Å². The molecule has 2 heterocycles.